The molecule has 0 saturated carbocycles. The largest absolute Gasteiger partial charge is 0.366 e. The fourth-order valence-corrected chi connectivity index (χ4v) is 1.75. The smallest absolute Gasteiger partial charge is 0.160 e. The normalized spacial score (nSPS) is 10.6. The summed E-state index contributed by atoms with van der Waals surface area (Å²) in [6, 6.07) is 5.09. The van der Waals surface area contributed by atoms with E-state index in [4.69, 9.17) is 0 Å². The Morgan fingerprint density at radius 1 is 1.10 bits per heavy atom. The summed E-state index contributed by atoms with van der Waals surface area (Å²) in [6.45, 7) is 0.180. The number of aromatic nitrogens is 5. The number of nitrogens with zero attached hydrogens (tertiary/aromatic N) is 5. The van der Waals surface area contributed by atoms with Gasteiger partial charge in [-0.3, -0.25) is 0 Å². The average Bonchev–Trinajstić information content (AvgIpc) is 3.01. The van der Waals surface area contributed by atoms with Crippen LogP contribution in [0.25, 0.3) is 5.82 Å². The van der Waals surface area contributed by atoms with E-state index in [1.807, 2.05) is 0 Å². The first-order chi connectivity index (χ1) is 10.2. The first-order valence-electron chi connectivity index (χ1n) is 6.07. The molecule has 2 heterocycles. The highest BCUT2D eigenvalue weighted by Gasteiger charge is 2.05. The molecule has 0 aliphatic carbocycles. The highest BCUT2D eigenvalue weighted by atomic mass is 19.1. The molecule has 0 radical (unpaired) electrons. The van der Waals surface area contributed by atoms with Gasteiger partial charge in [-0.15, -0.1) is 0 Å². The minimum absolute atomic E-state index is 0.180. The lowest BCUT2D eigenvalue weighted by molar-refractivity contribution is 0.574. The van der Waals surface area contributed by atoms with Gasteiger partial charge in [-0.2, -0.15) is 5.10 Å². The van der Waals surface area contributed by atoms with E-state index in [1.165, 1.54) is 35.8 Å². The highest BCUT2D eigenvalue weighted by molar-refractivity contribution is 5.40. The third kappa shape index (κ3) is 2.99. The molecular weight excluding hydrogens is 278 g/mol. The zero-order valence-electron chi connectivity index (χ0n) is 10.7. The lowest BCUT2D eigenvalue weighted by atomic mass is 10.2. The molecule has 1 N–H and O–H groups in total. The molecule has 0 bridgehead atoms. The maximum Gasteiger partial charge on any atom is 0.160 e. The summed E-state index contributed by atoms with van der Waals surface area (Å²) < 4.78 is 27.8. The van der Waals surface area contributed by atoms with Crippen molar-refractivity contribution in [2.75, 3.05) is 5.32 Å². The third-order valence-corrected chi connectivity index (χ3v) is 2.78. The molecule has 0 fully saturated rings. The van der Waals surface area contributed by atoms with Crippen LogP contribution in [0.5, 0.6) is 0 Å². The number of rotatable bonds is 4. The van der Waals surface area contributed by atoms with Gasteiger partial charge in [0.15, 0.2) is 5.82 Å². The summed E-state index contributed by atoms with van der Waals surface area (Å²) in [5, 5.41) is 6.90. The van der Waals surface area contributed by atoms with Crippen molar-refractivity contribution >= 4 is 5.82 Å². The van der Waals surface area contributed by atoms with Crippen LogP contribution < -0.4 is 5.32 Å². The summed E-state index contributed by atoms with van der Waals surface area (Å²) in [7, 11) is 0. The molecule has 0 atom stereocenters. The van der Waals surface area contributed by atoms with Crippen molar-refractivity contribution in [3.05, 3.63) is 60.4 Å². The molecule has 0 saturated heterocycles. The van der Waals surface area contributed by atoms with Crippen LogP contribution in [0.3, 0.4) is 0 Å². The van der Waals surface area contributed by atoms with Crippen molar-refractivity contribution in [3.8, 4) is 5.82 Å². The zero-order chi connectivity index (χ0) is 14.7. The minimum atomic E-state index is -0.605. The van der Waals surface area contributed by atoms with Crippen molar-refractivity contribution in [1.82, 2.24) is 24.7 Å². The summed E-state index contributed by atoms with van der Waals surface area (Å²) in [4.78, 5) is 11.9. The lowest BCUT2D eigenvalue weighted by Crippen LogP contribution is -2.06. The molecule has 2 aromatic heterocycles. The Balaban J connectivity index is 1.75. The van der Waals surface area contributed by atoms with Crippen LogP contribution in [-0.4, -0.2) is 24.7 Å². The molecule has 0 spiro atoms. The summed E-state index contributed by atoms with van der Waals surface area (Å²) in [5.41, 5.74) is 0.345. The van der Waals surface area contributed by atoms with Crippen LogP contribution in [0.4, 0.5) is 14.6 Å². The number of nitrogens with one attached hydrogen (secondary N) is 1. The Morgan fingerprint density at radius 3 is 2.76 bits per heavy atom. The Kier molecular flexibility index (Phi) is 3.50. The second-order valence-electron chi connectivity index (χ2n) is 4.19. The van der Waals surface area contributed by atoms with Crippen molar-refractivity contribution in [1.29, 1.82) is 0 Å². The first kappa shape index (κ1) is 13.1. The molecule has 21 heavy (non-hydrogen) atoms. The van der Waals surface area contributed by atoms with Gasteiger partial charge in [-0.1, -0.05) is 6.07 Å². The maximum atomic E-state index is 13.5. The third-order valence-electron chi connectivity index (χ3n) is 2.78. The Labute approximate surface area is 118 Å². The van der Waals surface area contributed by atoms with Crippen molar-refractivity contribution in [2.24, 2.45) is 0 Å². The van der Waals surface area contributed by atoms with Crippen molar-refractivity contribution in [2.45, 2.75) is 6.54 Å². The van der Waals surface area contributed by atoms with Crippen LogP contribution in [0.1, 0.15) is 5.56 Å². The van der Waals surface area contributed by atoms with E-state index < -0.39 is 11.6 Å². The van der Waals surface area contributed by atoms with E-state index >= 15 is 0 Å². The SMILES string of the molecule is Fc1ccc(CNc2cc(-n3cncn3)ncn2)c(F)c1. The molecule has 3 rings (SSSR count). The van der Waals surface area contributed by atoms with Gasteiger partial charge in [0.2, 0.25) is 0 Å². The topological polar surface area (TPSA) is 68.5 Å². The van der Waals surface area contributed by atoms with Gasteiger partial charge in [0.1, 0.15) is 36.4 Å². The Hall–Kier alpha value is -2.90. The van der Waals surface area contributed by atoms with Crippen molar-refractivity contribution < 1.29 is 8.78 Å². The van der Waals surface area contributed by atoms with Gasteiger partial charge in [0.25, 0.3) is 0 Å². The summed E-state index contributed by atoms with van der Waals surface area (Å²) in [5.74, 6) is -0.177. The minimum Gasteiger partial charge on any atom is -0.366 e. The van der Waals surface area contributed by atoms with Crippen LogP contribution in [0, 0.1) is 11.6 Å². The number of halogens is 2. The van der Waals surface area contributed by atoms with Gasteiger partial charge in [-0.25, -0.2) is 28.4 Å². The van der Waals surface area contributed by atoms with E-state index in [1.54, 1.807) is 6.07 Å². The van der Waals surface area contributed by atoms with E-state index in [-0.39, 0.29) is 6.54 Å². The van der Waals surface area contributed by atoms with Crippen LogP contribution in [0.2, 0.25) is 0 Å². The molecule has 0 aliphatic rings. The van der Waals surface area contributed by atoms with Crippen LogP contribution in [0.15, 0.2) is 43.2 Å². The van der Waals surface area contributed by atoms with Gasteiger partial charge in [0, 0.05) is 24.2 Å². The molecular formula is C13H10F2N6. The molecule has 1 aromatic carbocycles. The predicted octanol–water partition coefficient (Wildman–Crippen LogP) is 1.95. The van der Waals surface area contributed by atoms with E-state index in [2.05, 4.69) is 25.4 Å². The highest BCUT2D eigenvalue weighted by Crippen LogP contribution is 2.13. The average molecular weight is 288 g/mol. The summed E-state index contributed by atoms with van der Waals surface area (Å²) >= 11 is 0. The Bertz CT molecular complexity index is 744. The van der Waals surface area contributed by atoms with Gasteiger partial charge < -0.3 is 5.32 Å². The second kappa shape index (κ2) is 5.61. The van der Waals surface area contributed by atoms with Gasteiger partial charge in [0.05, 0.1) is 0 Å². The number of hydrogen-bond donors (Lipinski definition) is 1. The van der Waals surface area contributed by atoms with Crippen LogP contribution >= 0.6 is 0 Å². The molecule has 3 aromatic rings. The fraction of sp³-hybridized carbons (Fsp3) is 0.0769. The molecule has 8 heteroatoms. The molecule has 6 nitrogen and oxygen atoms in total. The molecule has 0 unspecified atom stereocenters. The quantitative estimate of drug-likeness (QED) is 0.794. The fourth-order valence-electron chi connectivity index (χ4n) is 1.75. The van der Waals surface area contributed by atoms with E-state index in [9.17, 15) is 8.78 Å². The van der Waals surface area contributed by atoms with Gasteiger partial charge >= 0.3 is 0 Å². The maximum absolute atomic E-state index is 13.5. The van der Waals surface area contributed by atoms with Crippen molar-refractivity contribution in [3.63, 3.8) is 0 Å². The van der Waals surface area contributed by atoms with Crippen LogP contribution in [-0.2, 0) is 6.54 Å². The lowest BCUT2D eigenvalue weighted by Gasteiger charge is -2.07. The first-order valence-corrected chi connectivity index (χ1v) is 6.07. The number of anilines is 1. The monoisotopic (exact) mass is 288 g/mol. The van der Waals surface area contributed by atoms with Gasteiger partial charge in [-0.05, 0) is 6.07 Å². The summed E-state index contributed by atoms with van der Waals surface area (Å²) in [6.07, 6.45) is 4.26. The van der Waals surface area contributed by atoms with E-state index in [0.717, 1.165) is 6.07 Å². The second-order valence-corrected chi connectivity index (χ2v) is 4.19. The molecule has 0 aliphatic heterocycles. The molecule has 106 valence electrons. The number of hydrogen-bond acceptors (Lipinski definition) is 5. The standard InChI is InChI=1S/C13H10F2N6/c14-10-2-1-9(11(15)3-10)5-17-12-4-13(19-7-18-12)21-8-16-6-20-21/h1-4,6-8H,5H2,(H,17,18,19). The Morgan fingerprint density at radius 2 is 2.00 bits per heavy atom. The molecule has 0 amide bonds. The predicted molar refractivity (Wildman–Crippen MR) is 70.6 cm³/mol. The zero-order valence-corrected chi connectivity index (χ0v) is 10.7. The number of benzene rings is 1. The van der Waals surface area contributed by atoms with E-state index in [0.29, 0.717) is 17.2 Å².